The highest BCUT2D eigenvalue weighted by Gasteiger charge is 2.47. The number of esters is 1. The van der Waals surface area contributed by atoms with E-state index in [0.29, 0.717) is 17.0 Å². The van der Waals surface area contributed by atoms with Crippen LogP contribution in [-0.4, -0.2) is 35.0 Å². The lowest BCUT2D eigenvalue weighted by Crippen LogP contribution is -2.29. The molecule has 1 aromatic heterocycles. The predicted molar refractivity (Wildman–Crippen MR) is 143 cm³/mol. The van der Waals surface area contributed by atoms with E-state index in [1.54, 1.807) is 62.4 Å². The van der Waals surface area contributed by atoms with Gasteiger partial charge >= 0.3 is 5.97 Å². The van der Waals surface area contributed by atoms with Gasteiger partial charge in [-0.2, -0.15) is 0 Å². The van der Waals surface area contributed by atoms with E-state index in [1.807, 2.05) is 31.4 Å². The van der Waals surface area contributed by atoms with Crippen molar-refractivity contribution in [3.05, 3.63) is 87.6 Å². The van der Waals surface area contributed by atoms with Crippen LogP contribution in [0.3, 0.4) is 0 Å². The highest BCUT2D eigenvalue weighted by Crippen LogP contribution is 2.43. The molecule has 1 unspecified atom stereocenters. The molecule has 1 N–H and O–H groups in total. The molecule has 192 valence electrons. The molecule has 2 aromatic carbocycles. The Bertz CT molecular complexity index is 1310. The molecule has 1 amide bonds. The van der Waals surface area contributed by atoms with Crippen molar-refractivity contribution in [1.82, 2.24) is 0 Å². The molecule has 0 aliphatic carbocycles. The van der Waals surface area contributed by atoms with Gasteiger partial charge < -0.3 is 14.6 Å². The van der Waals surface area contributed by atoms with Gasteiger partial charge in [0.15, 0.2) is 0 Å². The highest BCUT2D eigenvalue weighted by atomic mass is 32.1. The number of anilines is 1. The van der Waals surface area contributed by atoms with Gasteiger partial charge in [0.25, 0.3) is 11.7 Å². The number of ether oxygens (including phenoxy) is 2. The van der Waals surface area contributed by atoms with Gasteiger partial charge in [-0.25, -0.2) is 0 Å². The standard InChI is InChI=1S/C29H29NO6S/c1-17(2)35-22-13-9-20(10-14-22)27(32)25-26(23-6-5-15-37-23)30(29(34)28(25)33)21-11-7-19(8-12-21)16-24(31)36-18(3)4/h5-15,17-18,26,32H,16H2,1-4H3/b27-25-. The lowest BCUT2D eigenvalue weighted by atomic mass is 9.99. The van der Waals surface area contributed by atoms with Gasteiger partial charge in [0.05, 0.1) is 24.2 Å². The average molecular weight is 520 g/mol. The molecular formula is C29H29NO6S. The molecule has 37 heavy (non-hydrogen) atoms. The largest absolute Gasteiger partial charge is 0.507 e. The zero-order valence-electron chi connectivity index (χ0n) is 21.1. The number of rotatable bonds is 8. The summed E-state index contributed by atoms with van der Waals surface area (Å²) in [6, 6.07) is 16.5. The number of ketones is 1. The van der Waals surface area contributed by atoms with Crippen LogP contribution in [0.4, 0.5) is 5.69 Å². The Labute approximate surface area is 220 Å². The molecule has 4 rings (SSSR count). The Morgan fingerprint density at radius 1 is 0.973 bits per heavy atom. The van der Waals surface area contributed by atoms with Crippen molar-refractivity contribution in [2.75, 3.05) is 4.90 Å². The second-order valence-electron chi connectivity index (χ2n) is 9.26. The molecule has 1 aliphatic rings. The number of nitrogens with zero attached hydrogens (tertiary/aromatic N) is 1. The van der Waals surface area contributed by atoms with Crippen molar-refractivity contribution in [1.29, 1.82) is 0 Å². The Balaban J connectivity index is 1.70. The van der Waals surface area contributed by atoms with E-state index in [0.717, 1.165) is 10.4 Å². The quantitative estimate of drug-likeness (QED) is 0.179. The van der Waals surface area contributed by atoms with E-state index in [9.17, 15) is 19.5 Å². The maximum Gasteiger partial charge on any atom is 0.310 e. The molecule has 0 bridgehead atoms. The molecule has 3 aromatic rings. The smallest absolute Gasteiger partial charge is 0.310 e. The fourth-order valence-electron chi connectivity index (χ4n) is 4.18. The van der Waals surface area contributed by atoms with Crippen LogP contribution in [0.5, 0.6) is 5.75 Å². The van der Waals surface area contributed by atoms with Crippen molar-refractivity contribution in [3.8, 4) is 5.75 Å². The van der Waals surface area contributed by atoms with Gasteiger partial charge in [-0.05, 0) is 81.1 Å². The first-order chi connectivity index (χ1) is 17.7. The highest BCUT2D eigenvalue weighted by molar-refractivity contribution is 7.10. The van der Waals surface area contributed by atoms with Crippen LogP contribution in [0.15, 0.2) is 71.6 Å². The number of hydrogen-bond acceptors (Lipinski definition) is 7. The second-order valence-corrected chi connectivity index (χ2v) is 10.2. The number of Topliss-reactive ketones (excluding diaryl/α,β-unsaturated/α-hetero) is 1. The third-order valence-corrected chi connectivity index (χ3v) is 6.61. The number of aliphatic hydroxyl groups is 1. The Kier molecular flexibility index (Phi) is 7.78. The number of carbonyl (C=O) groups is 3. The minimum absolute atomic E-state index is 0.00385. The van der Waals surface area contributed by atoms with E-state index >= 15 is 0 Å². The molecule has 1 atom stereocenters. The SMILES string of the molecule is CC(C)OC(=O)Cc1ccc(N2C(=O)C(=O)/C(=C(\O)c3ccc(OC(C)C)cc3)C2c2cccs2)cc1. The summed E-state index contributed by atoms with van der Waals surface area (Å²) in [4.78, 5) is 40.7. The van der Waals surface area contributed by atoms with Crippen LogP contribution in [0.2, 0.25) is 0 Å². The van der Waals surface area contributed by atoms with Crippen LogP contribution >= 0.6 is 11.3 Å². The molecule has 7 nitrogen and oxygen atoms in total. The first-order valence-corrected chi connectivity index (χ1v) is 12.9. The molecule has 0 spiro atoms. The maximum atomic E-state index is 13.3. The summed E-state index contributed by atoms with van der Waals surface area (Å²) < 4.78 is 10.9. The summed E-state index contributed by atoms with van der Waals surface area (Å²) in [6.45, 7) is 7.41. The molecule has 8 heteroatoms. The Morgan fingerprint density at radius 2 is 1.65 bits per heavy atom. The van der Waals surface area contributed by atoms with Crippen LogP contribution in [-0.2, 0) is 25.5 Å². The third-order valence-electron chi connectivity index (χ3n) is 5.69. The number of aliphatic hydroxyl groups excluding tert-OH is 1. The summed E-state index contributed by atoms with van der Waals surface area (Å²) in [6.07, 6.45) is -0.110. The van der Waals surface area contributed by atoms with Gasteiger partial charge in [0.1, 0.15) is 17.6 Å². The Morgan fingerprint density at radius 3 is 2.22 bits per heavy atom. The molecule has 1 aliphatic heterocycles. The number of thiophene rings is 1. The summed E-state index contributed by atoms with van der Waals surface area (Å²) in [7, 11) is 0. The van der Waals surface area contributed by atoms with Crippen LogP contribution in [0.1, 0.15) is 49.7 Å². The first kappa shape index (κ1) is 26.2. The van der Waals surface area contributed by atoms with Crippen LogP contribution < -0.4 is 9.64 Å². The van der Waals surface area contributed by atoms with Crippen molar-refractivity contribution in [2.45, 2.75) is 52.4 Å². The van der Waals surface area contributed by atoms with Gasteiger partial charge in [-0.15, -0.1) is 11.3 Å². The molecule has 0 radical (unpaired) electrons. The number of benzene rings is 2. The summed E-state index contributed by atoms with van der Waals surface area (Å²) in [5.74, 6) is -1.44. The fraction of sp³-hybridized carbons (Fsp3) is 0.276. The molecular weight excluding hydrogens is 490 g/mol. The van der Waals surface area contributed by atoms with E-state index < -0.39 is 17.7 Å². The van der Waals surface area contributed by atoms with Gasteiger partial charge in [-0.1, -0.05) is 18.2 Å². The van der Waals surface area contributed by atoms with E-state index in [1.165, 1.54) is 16.2 Å². The van der Waals surface area contributed by atoms with Crippen LogP contribution in [0, 0.1) is 0 Å². The average Bonchev–Trinajstić information content (AvgIpc) is 3.46. The summed E-state index contributed by atoms with van der Waals surface area (Å²) >= 11 is 1.39. The number of hydrogen-bond donors (Lipinski definition) is 1. The lowest BCUT2D eigenvalue weighted by molar-refractivity contribution is -0.146. The van der Waals surface area contributed by atoms with E-state index in [-0.39, 0.29) is 35.9 Å². The van der Waals surface area contributed by atoms with Crippen molar-refractivity contribution in [2.24, 2.45) is 0 Å². The normalized spacial score (nSPS) is 17.0. The van der Waals surface area contributed by atoms with Crippen LogP contribution in [0.25, 0.3) is 5.76 Å². The van der Waals surface area contributed by atoms with Gasteiger partial charge in [-0.3, -0.25) is 19.3 Å². The van der Waals surface area contributed by atoms with Crippen molar-refractivity contribution >= 4 is 40.4 Å². The summed E-state index contributed by atoms with van der Waals surface area (Å²) in [5, 5.41) is 13.1. The van der Waals surface area contributed by atoms with Gasteiger partial charge in [0, 0.05) is 16.1 Å². The predicted octanol–water partition coefficient (Wildman–Crippen LogP) is 5.66. The molecule has 2 heterocycles. The van der Waals surface area contributed by atoms with E-state index in [2.05, 4.69) is 0 Å². The number of amides is 1. The zero-order valence-corrected chi connectivity index (χ0v) is 22.0. The minimum Gasteiger partial charge on any atom is -0.507 e. The monoisotopic (exact) mass is 519 g/mol. The molecule has 1 saturated heterocycles. The maximum absolute atomic E-state index is 13.3. The third kappa shape index (κ3) is 5.75. The Hall–Kier alpha value is -3.91. The van der Waals surface area contributed by atoms with Crippen molar-refractivity contribution in [3.63, 3.8) is 0 Å². The summed E-state index contributed by atoms with van der Waals surface area (Å²) in [5.41, 5.74) is 1.65. The number of carbonyl (C=O) groups excluding carboxylic acids is 3. The topological polar surface area (TPSA) is 93.1 Å². The van der Waals surface area contributed by atoms with Crippen molar-refractivity contribution < 1.29 is 29.0 Å². The lowest BCUT2D eigenvalue weighted by Gasteiger charge is -2.24. The van der Waals surface area contributed by atoms with Gasteiger partial charge in [0.2, 0.25) is 0 Å². The molecule has 0 saturated carbocycles. The first-order valence-electron chi connectivity index (χ1n) is 12.1. The molecule has 1 fully saturated rings. The van der Waals surface area contributed by atoms with E-state index in [4.69, 9.17) is 9.47 Å². The second kappa shape index (κ2) is 11.0. The zero-order chi connectivity index (χ0) is 26.7. The minimum atomic E-state index is -0.789. The fourth-order valence-corrected chi connectivity index (χ4v) is 5.00.